The highest BCUT2D eigenvalue weighted by atomic mass is 19.4. The van der Waals surface area contributed by atoms with Gasteiger partial charge in [0.15, 0.2) is 0 Å². The number of rotatable bonds is 8. The Morgan fingerprint density at radius 3 is 2.08 bits per heavy atom. The van der Waals surface area contributed by atoms with Gasteiger partial charge in [0, 0.05) is 11.3 Å². The van der Waals surface area contributed by atoms with Crippen molar-refractivity contribution in [2.24, 2.45) is 5.73 Å². The molecule has 1 atom stereocenters. The van der Waals surface area contributed by atoms with Gasteiger partial charge in [0.2, 0.25) is 0 Å². The molecule has 1 aliphatic carbocycles. The van der Waals surface area contributed by atoms with Gasteiger partial charge in [-0.25, -0.2) is 13.6 Å². The number of carbonyl (C=O) groups is 3. The molecule has 8 nitrogen and oxygen atoms in total. The molecule has 1 unspecified atom stereocenters. The van der Waals surface area contributed by atoms with Gasteiger partial charge in [-0.1, -0.05) is 12.1 Å². The maximum Gasteiger partial charge on any atom is 0.419 e. The number of anilines is 2. The molecule has 0 spiro atoms. The van der Waals surface area contributed by atoms with Gasteiger partial charge >= 0.3 is 12.1 Å². The fourth-order valence-electron chi connectivity index (χ4n) is 5.80. The minimum absolute atomic E-state index is 0.0336. The number of hydrogen-bond donors (Lipinski definition) is 3. The average molecular weight is 710 g/mol. The van der Waals surface area contributed by atoms with Crippen LogP contribution in [0.4, 0.5) is 33.3 Å². The van der Waals surface area contributed by atoms with Gasteiger partial charge in [0.1, 0.15) is 29.0 Å². The predicted octanol–water partition coefficient (Wildman–Crippen LogP) is 8.38. The van der Waals surface area contributed by atoms with Crippen molar-refractivity contribution in [3.63, 3.8) is 0 Å². The van der Waals surface area contributed by atoms with Crippen LogP contribution in [0.15, 0.2) is 66.7 Å². The number of nitrogens with one attached hydrogen (secondary N) is 2. The van der Waals surface area contributed by atoms with E-state index in [0.29, 0.717) is 25.0 Å². The summed E-state index contributed by atoms with van der Waals surface area (Å²) in [6.45, 7) is 5.07. The van der Waals surface area contributed by atoms with Crippen LogP contribution in [0.2, 0.25) is 0 Å². The number of halogens is 5. The summed E-state index contributed by atoms with van der Waals surface area (Å²) in [5.74, 6) is -4.31. The molecule has 0 saturated heterocycles. The molecule has 0 aromatic heterocycles. The number of aryl methyl sites for hydroxylation is 2. The van der Waals surface area contributed by atoms with Gasteiger partial charge in [-0.15, -0.1) is 0 Å². The van der Waals surface area contributed by atoms with Crippen LogP contribution in [0.3, 0.4) is 0 Å². The van der Waals surface area contributed by atoms with Crippen LogP contribution >= 0.6 is 0 Å². The van der Waals surface area contributed by atoms with Crippen molar-refractivity contribution in [2.45, 2.75) is 64.3 Å². The second-order valence-electron chi connectivity index (χ2n) is 13.1. The maximum absolute atomic E-state index is 15.2. The topological polar surface area (TPSA) is 120 Å². The molecule has 4 aromatic carbocycles. The Hall–Kier alpha value is -5.30. The second kappa shape index (κ2) is 14.5. The molecule has 268 valence electrons. The zero-order valence-electron chi connectivity index (χ0n) is 28.3. The SMILES string of the molecule is COc1ccc(-c2cc(C(N)C(=O)OC(C)(C)C)ccc2F)cc1C(=O)Nc1cc2c(cc1C(=O)Nc1ccc(F)c(C(F)(F)F)c1)CCCC2. The molecule has 1 aliphatic rings. The molecule has 0 saturated carbocycles. The second-order valence-corrected chi connectivity index (χ2v) is 13.1. The number of fused-ring (bicyclic) bond motifs is 1. The van der Waals surface area contributed by atoms with Gasteiger partial charge in [-0.05, 0) is 123 Å². The molecule has 51 heavy (non-hydrogen) atoms. The minimum Gasteiger partial charge on any atom is -0.496 e. The first kappa shape index (κ1) is 37.0. The number of nitrogens with two attached hydrogens (primary N) is 1. The van der Waals surface area contributed by atoms with Crippen LogP contribution in [0.25, 0.3) is 11.1 Å². The summed E-state index contributed by atoms with van der Waals surface area (Å²) in [7, 11) is 1.34. The predicted molar refractivity (Wildman–Crippen MR) is 182 cm³/mol. The Kier molecular flexibility index (Phi) is 10.5. The third-order valence-electron chi connectivity index (χ3n) is 8.27. The van der Waals surface area contributed by atoms with E-state index < -0.39 is 52.8 Å². The molecule has 13 heteroatoms. The van der Waals surface area contributed by atoms with Gasteiger partial charge < -0.3 is 25.8 Å². The van der Waals surface area contributed by atoms with Crippen molar-refractivity contribution in [1.82, 2.24) is 0 Å². The van der Waals surface area contributed by atoms with Crippen LogP contribution in [-0.4, -0.2) is 30.5 Å². The van der Waals surface area contributed by atoms with Gasteiger partial charge in [-0.2, -0.15) is 13.2 Å². The summed E-state index contributed by atoms with van der Waals surface area (Å²) in [6, 6.07) is 12.4. The van der Waals surface area contributed by atoms with E-state index >= 15 is 4.39 Å². The van der Waals surface area contributed by atoms with Crippen molar-refractivity contribution >= 4 is 29.2 Å². The Morgan fingerprint density at radius 1 is 0.784 bits per heavy atom. The summed E-state index contributed by atoms with van der Waals surface area (Å²) in [5, 5.41) is 5.11. The molecule has 4 aromatic rings. The Bertz CT molecular complexity index is 2010. The fraction of sp³-hybridized carbons (Fsp3) is 0.289. The lowest BCUT2D eigenvalue weighted by molar-refractivity contribution is -0.156. The van der Waals surface area contributed by atoms with Crippen LogP contribution in [-0.2, 0) is 28.5 Å². The average Bonchev–Trinajstić information content (AvgIpc) is 3.07. The zero-order chi connectivity index (χ0) is 37.2. The van der Waals surface area contributed by atoms with E-state index in [0.717, 1.165) is 36.1 Å². The van der Waals surface area contributed by atoms with Gasteiger partial charge in [-0.3, -0.25) is 9.59 Å². The first-order valence-electron chi connectivity index (χ1n) is 16.1. The minimum atomic E-state index is -4.99. The van der Waals surface area contributed by atoms with Gasteiger partial charge in [0.05, 0.1) is 29.5 Å². The lowest BCUT2D eigenvalue weighted by Gasteiger charge is -2.22. The normalized spacial score (nSPS) is 13.5. The number of benzene rings is 4. The summed E-state index contributed by atoms with van der Waals surface area (Å²) < 4.78 is 80.0. The van der Waals surface area contributed by atoms with E-state index in [1.165, 1.54) is 37.4 Å². The standard InChI is InChI=1S/C38H36F5N3O5/c1-37(2,3)51-36(49)33(44)23-9-12-29(39)25(17-23)22-10-14-32(50-4)27(16-22)35(48)46-31-18-21-8-6-5-7-20(21)15-26(31)34(47)45-24-11-13-30(40)28(19-24)38(41,42)43/h9-19,33H,5-8,44H2,1-4H3,(H,45,47)(H,46,48). The number of methoxy groups -OCH3 is 1. The summed E-state index contributed by atoms with van der Waals surface area (Å²) in [6.07, 6.45) is -1.93. The van der Waals surface area contributed by atoms with Crippen LogP contribution in [0, 0.1) is 11.6 Å². The Morgan fingerprint density at radius 2 is 1.43 bits per heavy atom. The smallest absolute Gasteiger partial charge is 0.419 e. The molecule has 4 N–H and O–H groups in total. The third-order valence-corrected chi connectivity index (χ3v) is 8.27. The fourth-order valence-corrected chi connectivity index (χ4v) is 5.80. The highest BCUT2D eigenvalue weighted by molar-refractivity contribution is 6.13. The number of carbonyl (C=O) groups excluding carboxylic acids is 3. The zero-order valence-corrected chi connectivity index (χ0v) is 28.3. The molecular weight excluding hydrogens is 673 g/mol. The number of amides is 2. The maximum atomic E-state index is 15.2. The van der Waals surface area contributed by atoms with Crippen molar-refractivity contribution in [3.05, 3.63) is 112 Å². The van der Waals surface area contributed by atoms with Crippen molar-refractivity contribution in [1.29, 1.82) is 0 Å². The van der Waals surface area contributed by atoms with E-state index in [9.17, 15) is 31.9 Å². The van der Waals surface area contributed by atoms with Crippen LogP contribution in [0.1, 0.15) is 82.6 Å². The number of esters is 1. The van der Waals surface area contributed by atoms with E-state index in [1.807, 2.05) is 0 Å². The highest BCUT2D eigenvalue weighted by Crippen LogP contribution is 2.35. The molecule has 0 radical (unpaired) electrons. The quantitative estimate of drug-likeness (QED) is 0.125. The van der Waals surface area contributed by atoms with E-state index in [1.54, 1.807) is 32.9 Å². The first-order valence-corrected chi connectivity index (χ1v) is 16.1. The molecule has 0 bridgehead atoms. The number of hydrogen-bond acceptors (Lipinski definition) is 6. The van der Waals surface area contributed by atoms with Crippen LogP contribution in [0.5, 0.6) is 5.75 Å². The largest absolute Gasteiger partial charge is 0.496 e. The lowest BCUT2D eigenvalue weighted by atomic mass is 9.89. The third kappa shape index (κ3) is 8.54. The summed E-state index contributed by atoms with van der Waals surface area (Å²) in [5.41, 5.74) is 5.79. The number of alkyl halides is 3. The van der Waals surface area contributed by atoms with Crippen molar-refractivity contribution < 1.29 is 45.8 Å². The molecule has 5 rings (SSSR count). The van der Waals surface area contributed by atoms with Gasteiger partial charge in [0.25, 0.3) is 11.8 Å². The van der Waals surface area contributed by atoms with E-state index in [4.69, 9.17) is 15.2 Å². The molecule has 0 fully saturated rings. The van der Waals surface area contributed by atoms with Crippen molar-refractivity contribution in [3.8, 4) is 16.9 Å². The molecule has 0 aliphatic heterocycles. The molecular formula is C38H36F5N3O5. The lowest BCUT2D eigenvalue weighted by Crippen LogP contribution is -2.31. The highest BCUT2D eigenvalue weighted by Gasteiger charge is 2.34. The Labute approximate surface area is 291 Å². The van der Waals surface area contributed by atoms with Crippen molar-refractivity contribution in [2.75, 3.05) is 17.7 Å². The first-order chi connectivity index (χ1) is 23.9. The van der Waals surface area contributed by atoms with E-state index in [2.05, 4.69) is 10.6 Å². The molecule has 0 heterocycles. The van der Waals surface area contributed by atoms with E-state index in [-0.39, 0.29) is 44.9 Å². The molecule has 2 amide bonds. The number of ether oxygens (including phenoxy) is 2. The summed E-state index contributed by atoms with van der Waals surface area (Å²) in [4.78, 5) is 40.1. The summed E-state index contributed by atoms with van der Waals surface area (Å²) >= 11 is 0. The monoisotopic (exact) mass is 709 g/mol. The van der Waals surface area contributed by atoms with Crippen LogP contribution < -0.4 is 21.1 Å². The Balaban J connectivity index is 1.49.